The van der Waals surface area contributed by atoms with Crippen molar-refractivity contribution >= 4 is 52.3 Å². The van der Waals surface area contributed by atoms with Gasteiger partial charge in [0.15, 0.2) is 0 Å². The van der Waals surface area contributed by atoms with E-state index in [0.29, 0.717) is 11.8 Å². The molecule has 0 aromatic heterocycles. The Morgan fingerprint density at radius 3 is 1.46 bits per heavy atom. The van der Waals surface area contributed by atoms with Gasteiger partial charge in [0.05, 0.1) is 0 Å². The molecule has 4 atom stereocenters. The van der Waals surface area contributed by atoms with E-state index >= 15 is 0 Å². The molecule has 0 N–H and O–H groups in total. The van der Waals surface area contributed by atoms with E-state index in [2.05, 4.69) is 181 Å². The van der Waals surface area contributed by atoms with E-state index in [4.69, 9.17) is 17.0 Å². The van der Waals surface area contributed by atoms with Crippen molar-refractivity contribution in [2.24, 2.45) is 0 Å². The Morgan fingerprint density at radius 2 is 0.946 bits per heavy atom. The zero-order valence-electron chi connectivity index (χ0n) is 33.5. The van der Waals surface area contributed by atoms with E-state index in [1.807, 2.05) is 0 Å². The number of benzene rings is 6. The van der Waals surface area contributed by atoms with Gasteiger partial charge in [0.2, 0.25) is 0 Å². The van der Waals surface area contributed by atoms with Crippen LogP contribution in [0.15, 0.2) is 139 Å². The van der Waals surface area contributed by atoms with Crippen molar-refractivity contribution in [1.29, 1.82) is 0 Å². The molecule has 1 heterocycles. The number of fused-ring (bicyclic) bond motifs is 5. The molecule has 0 spiro atoms. The van der Waals surface area contributed by atoms with Crippen molar-refractivity contribution in [2.45, 2.75) is 73.5 Å². The van der Waals surface area contributed by atoms with Crippen molar-refractivity contribution in [3.63, 3.8) is 0 Å². The van der Waals surface area contributed by atoms with Crippen molar-refractivity contribution in [2.75, 3.05) is 0 Å². The van der Waals surface area contributed by atoms with Crippen molar-refractivity contribution in [1.82, 2.24) is 0 Å². The summed E-state index contributed by atoms with van der Waals surface area (Å²) >= 11 is -5.50. The average molecular weight is 866 g/mol. The molecule has 6 aromatic carbocycles. The molecular weight excluding hydrogens is 815 g/mol. The summed E-state index contributed by atoms with van der Waals surface area (Å²) in [5.74, 6) is 0.909. The summed E-state index contributed by atoms with van der Waals surface area (Å²) in [4.78, 5) is 0. The van der Waals surface area contributed by atoms with E-state index < -0.39 is 25.9 Å². The van der Waals surface area contributed by atoms with Gasteiger partial charge in [-0.25, -0.2) is 0 Å². The maximum absolute atomic E-state index is 9.13. The Hall–Kier alpha value is -3.52. The first-order valence-electron chi connectivity index (χ1n) is 20.6. The van der Waals surface area contributed by atoms with Gasteiger partial charge in [-0.3, -0.25) is 0 Å². The molecule has 6 aromatic rings. The Kier molecular flexibility index (Phi) is 9.77. The molecular formula is C52H51Cl2SiZr. The fraction of sp³-hybridized carbons (Fsp3) is 0.231. The number of allylic oxidation sites excluding steroid dienone is 2. The summed E-state index contributed by atoms with van der Waals surface area (Å²) < 4.78 is 1.09. The molecule has 0 amide bonds. The molecule has 0 fully saturated rings. The molecule has 281 valence electrons. The van der Waals surface area contributed by atoms with Gasteiger partial charge < -0.3 is 0 Å². The van der Waals surface area contributed by atoms with E-state index in [-0.39, 0.29) is 7.25 Å². The summed E-state index contributed by atoms with van der Waals surface area (Å²) in [5, 5.41) is 2.95. The van der Waals surface area contributed by atoms with Crippen molar-refractivity contribution in [3.8, 4) is 33.4 Å². The standard InChI is InChI=1S/2C20H21.C12H9Si.2ClH.Zr/c2*1-4-15(3)17-9-5-6-10-18(17)19-11-7-8-16-12-14(2)13-20(16)19;1-3-7-11-9(5-1)10-6-2-4-8-12(10)13-11;;;/h2*5-13,15H,4H2,1-3H3;1-7H,13H2;2*1H;/q;;;;;+2/p-2. The third kappa shape index (κ3) is 5.68. The van der Waals surface area contributed by atoms with Gasteiger partial charge in [0.25, 0.3) is 0 Å². The molecule has 2 aliphatic carbocycles. The van der Waals surface area contributed by atoms with Gasteiger partial charge in [0, 0.05) is 0 Å². The molecule has 9 rings (SSSR count). The van der Waals surface area contributed by atoms with Crippen LogP contribution in [-0.2, 0) is 16.4 Å². The van der Waals surface area contributed by atoms with Gasteiger partial charge >= 0.3 is 348 Å². The summed E-state index contributed by atoms with van der Waals surface area (Å²) in [6, 6.07) is 47.8. The Balaban J connectivity index is 1.32. The van der Waals surface area contributed by atoms with Gasteiger partial charge in [-0.05, 0) is 0 Å². The predicted molar refractivity (Wildman–Crippen MR) is 245 cm³/mol. The predicted octanol–water partition coefficient (Wildman–Crippen LogP) is 13.1. The molecule has 4 unspecified atom stereocenters. The Labute approximate surface area is 344 Å². The van der Waals surface area contributed by atoms with Crippen LogP contribution in [-0.4, -0.2) is 9.52 Å². The first-order valence-corrected chi connectivity index (χ1v) is 32.5. The van der Waals surface area contributed by atoms with Gasteiger partial charge in [-0.1, -0.05) is 0 Å². The first kappa shape index (κ1) is 38.0. The van der Waals surface area contributed by atoms with Crippen LogP contribution in [0.4, 0.5) is 0 Å². The molecule has 3 aliphatic rings. The molecule has 0 saturated heterocycles. The second-order valence-electron chi connectivity index (χ2n) is 16.9. The molecule has 0 saturated carbocycles. The third-order valence-corrected chi connectivity index (χ3v) is 37.0. The van der Waals surface area contributed by atoms with Gasteiger partial charge in [0.1, 0.15) is 0 Å². The average Bonchev–Trinajstić information content (AvgIpc) is 3.90. The Morgan fingerprint density at radius 1 is 0.518 bits per heavy atom. The third-order valence-electron chi connectivity index (χ3n) is 13.8. The normalized spacial score (nSPS) is 19.0. The van der Waals surface area contributed by atoms with Crippen LogP contribution in [0.5, 0.6) is 0 Å². The number of rotatable bonds is 9. The van der Waals surface area contributed by atoms with Crippen LogP contribution in [0.1, 0.15) is 107 Å². The Bertz CT molecular complexity index is 2480. The minimum atomic E-state index is -5.50. The van der Waals surface area contributed by atoms with Crippen molar-refractivity contribution in [3.05, 3.63) is 172 Å². The quantitative estimate of drug-likeness (QED) is 0.127. The van der Waals surface area contributed by atoms with Crippen molar-refractivity contribution < 1.29 is 16.4 Å². The molecule has 0 bridgehead atoms. The van der Waals surface area contributed by atoms with Crippen LogP contribution < -0.4 is 13.6 Å². The summed E-state index contributed by atoms with van der Waals surface area (Å²) in [7, 11) is 17.4. The second-order valence-corrected chi connectivity index (χ2v) is 39.3. The zero-order valence-corrected chi connectivity index (χ0v) is 38.8. The first-order chi connectivity index (χ1) is 27.1. The molecule has 0 nitrogen and oxygen atoms in total. The monoisotopic (exact) mass is 863 g/mol. The van der Waals surface area contributed by atoms with Crippen LogP contribution in [0.2, 0.25) is 0 Å². The topological polar surface area (TPSA) is 0 Å². The molecule has 0 radical (unpaired) electrons. The fourth-order valence-electron chi connectivity index (χ4n) is 10.8. The second kappa shape index (κ2) is 14.4. The number of hydrogen-bond acceptors (Lipinski definition) is 0. The van der Waals surface area contributed by atoms with Gasteiger partial charge in [-0.2, -0.15) is 0 Å². The van der Waals surface area contributed by atoms with Crippen LogP contribution in [0.25, 0.3) is 45.5 Å². The molecule has 1 aliphatic heterocycles. The van der Waals surface area contributed by atoms with Gasteiger partial charge in [-0.15, -0.1) is 0 Å². The van der Waals surface area contributed by atoms with E-state index in [0.717, 1.165) is 12.8 Å². The van der Waals surface area contributed by atoms with E-state index in [9.17, 15) is 0 Å². The number of halogens is 2. The zero-order chi connectivity index (χ0) is 39.0. The van der Waals surface area contributed by atoms with Crippen LogP contribution in [0.3, 0.4) is 0 Å². The SMILES string of the molecule is CCC(C)c1ccccc1-c1cccc2c1C=C(C)[CH]2[Zr]([Cl])([Cl])([c]1cccc2c1[SiH2]c1ccccc1-2)[CH]1C(C)=Cc2c(-c3ccccc3C(C)CC)cccc21. The summed E-state index contributed by atoms with van der Waals surface area (Å²) in [6.45, 7) is 13.9. The maximum atomic E-state index is 9.13. The summed E-state index contributed by atoms with van der Waals surface area (Å²) in [6.07, 6.45) is 7.08. The minimum absolute atomic E-state index is 0.0925. The van der Waals surface area contributed by atoms with Crippen LogP contribution >= 0.6 is 17.0 Å². The van der Waals surface area contributed by atoms with E-state index in [1.165, 1.54) is 91.6 Å². The van der Waals surface area contributed by atoms with Crippen LogP contribution in [0, 0.1) is 0 Å². The van der Waals surface area contributed by atoms with E-state index in [1.54, 1.807) is 0 Å². The number of hydrogen-bond donors (Lipinski definition) is 0. The molecule has 56 heavy (non-hydrogen) atoms. The fourth-order valence-corrected chi connectivity index (χ4v) is 39.6. The molecule has 4 heteroatoms. The summed E-state index contributed by atoms with van der Waals surface area (Å²) in [5.41, 5.74) is 18.5.